The number of fused-ring (bicyclic) bond motifs is 3. The summed E-state index contributed by atoms with van der Waals surface area (Å²) in [7, 11) is 0. The molecule has 0 aliphatic rings. The number of thiazole rings is 1. The molecule has 241 valence electrons. The number of aryl methyl sites for hydroxylation is 2. The third-order valence-electron chi connectivity index (χ3n) is 9.02. The average Bonchev–Trinajstić information content (AvgIpc) is 3.36. The third kappa shape index (κ3) is 8.86. The van der Waals surface area contributed by atoms with Gasteiger partial charge in [-0.25, -0.2) is 4.98 Å². The number of hydrogen-bond donors (Lipinski definition) is 1. The Morgan fingerprint density at radius 3 is 2.09 bits per heavy atom. The summed E-state index contributed by atoms with van der Waals surface area (Å²) in [6.45, 7) is 23.1. The molecular weight excluding hydrogens is 741 g/mol. The minimum Gasteiger partial charge on any atom is -0.512 e. The first-order valence-electron chi connectivity index (χ1n) is 15.7. The van der Waals surface area contributed by atoms with Crippen LogP contribution in [-0.2, 0) is 31.3 Å². The molecule has 2 aromatic carbocycles. The summed E-state index contributed by atoms with van der Waals surface area (Å²) in [4.78, 5) is 21.9. The van der Waals surface area contributed by atoms with E-state index in [0.717, 1.165) is 59.8 Å². The van der Waals surface area contributed by atoms with Crippen molar-refractivity contribution in [3.05, 3.63) is 70.6 Å². The quantitative estimate of drug-likeness (QED) is 0.104. The van der Waals surface area contributed by atoms with Gasteiger partial charge in [0, 0.05) is 49.6 Å². The molecule has 1 radical (unpaired) electrons. The van der Waals surface area contributed by atoms with E-state index in [9.17, 15) is 9.90 Å². The molecule has 6 heteroatoms. The second-order valence-electron chi connectivity index (χ2n) is 13.7. The first-order chi connectivity index (χ1) is 20.1. The number of pyridine rings is 1. The number of carbonyl (C=O) groups excluding carboxylic acids is 1. The van der Waals surface area contributed by atoms with Gasteiger partial charge in [0.05, 0.1) is 15.2 Å². The number of aromatic nitrogens is 2. The van der Waals surface area contributed by atoms with Crippen LogP contribution in [0, 0.1) is 36.2 Å². The molecule has 2 heterocycles. The van der Waals surface area contributed by atoms with E-state index in [4.69, 9.17) is 9.97 Å². The molecule has 0 bridgehead atoms. The zero-order chi connectivity index (χ0) is 32.2. The minimum absolute atomic E-state index is 0. The van der Waals surface area contributed by atoms with Gasteiger partial charge in [0.25, 0.3) is 0 Å². The van der Waals surface area contributed by atoms with Crippen molar-refractivity contribution in [3.63, 3.8) is 0 Å². The van der Waals surface area contributed by atoms with Crippen molar-refractivity contribution in [1.82, 2.24) is 9.97 Å². The molecule has 4 rings (SSSR count). The topological polar surface area (TPSA) is 63.1 Å². The van der Waals surface area contributed by atoms with Crippen LogP contribution in [0.4, 0.5) is 0 Å². The van der Waals surface area contributed by atoms with E-state index in [1.807, 2.05) is 47.7 Å². The van der Waals surface area contributed by atoms with Crippen LogP contribution in [0.5, 0.6) is 0 Å². The van der Waals surface area contributed by atoms with E-state index in [1.54, 1.807) is 11.3 Å². The van der Waals surface area contributed by atoms with Crippen molar-refractivity contribution in [2.45, 2.75) is 108 Å². The van der Waals surface area contributed by atoms with Crippen LogP contribution in [-0.4, -0.2) is 20.9 Å². The number of allylic oxidation sites excluding steroid dienone is 2. The second kappa shape index (κ2) is 15.3. The Bertz CT molecular complexity index is 1580. The van der Waals surface area contributed by atoms with Gasteiger partial charge in [-0.05, 0) is 59.7 Å². The predicted octanol–water partition coefficient (Wildman–Crippen LogP) is 11.2. The summed E-state index contributed by atoms with van der Waals surface area (Å²) in [5.41, 5.74) is 5.09. The fraction of sp³-hybridized carbons (Fsp3) is 0.500. The van der Waals surface area contributed by atoms with Crippen LogP contribution in [0.15, 0.2) is 48.4 Å². The van der Waals surface area contributed by atoms with Gasteiger partial charge in [0.1, 0.15) is 5.76 Å². The van der Waals surface area contributed by atoms with E-state index < -0.39 is 0 Å². The molecule has 0 saturated heterocycles. The van der Waals surface area contributed by atoms with Crippen LogP contribution in [0.25, 0.3) is 32.2 Å². The van der Waals surface area contributed by atoms with E-state index in [2.05, 4.69) is 71.0 Å². The monoisotopic (exact) mass is 792 g/mol. The molecule has 0 aliphatic heterocycles. The van der Waals surface area contributed by atoms with Crippen LogP contribution in [0.1, 0.15) is 104 Å². The smallest absolute Gasteiger partial charge is 0.164 e. The summed E-state index contributed by atoms with van der Waals surface area (Å²) in [6, 6.07) is 14.2. The Labute approximate surface area is 283 Å². The second-order valence-corrected chi connectivity index (χ2v) is 14.8. The van der Waals surface area contributed by atoms with Crippen molar-refractivity contribution in [3.8, 4) is 11.3 Å². The van der Waals surface area contributed by atoms with Crippen LogP contribution < -0.4 is 0 Å². The molecule has 0 aliphatic carbocycles. The number of nitrogens with zero attached hydrogens (tertiary/aromatic N) is 2. The standard InChI is InChI=1S/C23H23N2S.C15H28O2.Ir/c1-14-10-15(2)12-17(11-14)21-20-16(8-9-24-21)6-7-18-22(20)25-19(26-18)13-23(3,4)5;1-7-14(5,8-2)12(16)11-13(17)15(6,9-3)10-4;/h6-11H,13H2,1-5H3;11,16H,7-10H2,1-6H3;/q-1;;/b;12-11-;. The molecule has 0 spiro atoms. The molecule has 0 amide bonds. The largest absolute Gasteiger partial charge is 0.512 e. The summed E-state index contributed by atoms with van der Waals surface area (Å²) in [5, 5.41) is 13.7. The van der Waals surface area contributed by atoms with Gasteiger partial charge in [0.15, 0.2) is 5.78 Å². The molecule has 0 unspecified atom stereocenters. The zero-order valence-electron chi connectivity index (χ0n) is 28.6. The van der Waals surface area contributed by atoms with Gasteiger partial charge in [0.2, 0.25) is 0 Å². The van der Waals surface area contributed by atoms with E-state index >= 15 is 0 Å². The number of carbonyl (C=O) groups is 1. The molecule has 44 heavy (non-hydrogen) atoms. The van der Waals surface area contributed by atoms with Crippen LogP contribution >= 0.6 is 11.3 Å². The molecule has 1 N–H and O–H groups in total. The number of benzene rings is 2. The summed E-state index contributed by atoms with van der Waals surface area (Å²) in [6.07, 6.45) is 7.63. The van der Waals surface area contributed by atoms with Crippen molar-refractivity contribution in [2.75, 3.05) is 0 Å². The number of aliphatic hydroxyl groups is 1. The van der Waals surface area contributed by atoms with Crippen molar-refractivity contribution >= 4 is 38.1 Å². The Morgan fingerprint density at radius 1 is 0.932 bits per heavy atom. The predicted molar refractivity (Wildman–Crippen MR) is 185 cm³/mol. The maximum Gasteiger partial charge on any atom is 0.164 e. The number of rotatable bonds is 9. The zero-order valence-corrected chi connectivity index (χ0v) is 31.8. The fourth-order valence-corrected chi connectivity index (χ4v) is 6.42. The van der Waals surface area contributed by atoms with Crippen LogP contribution in [0.3, 0.4) is 0 Å². The van der Waals surface area contributed by atoms with Gasteiger partial charge in [-0.1, -0.05) is 82.2 Å². The van der Waals surface area contributed by atoms with Gasteiger partial charge < -0.3 is 10.1 Å². The SMILES string of the molecule is CCC(C)(CC)C(=O)/C=C(\O)C(C)(CC)CC.Cc1[c-]c(-c2nccc3ccc4sc(CC(C)(C)C)nc4c23)cc(C)c1.[Ir]. The summed E-state index contributed by atoms with van der Waals surface area (Å²) in [5.74, 6) is 0.286. The summed E-state index contributed by atoms with van der Waals surface area (Å²) >= 11 is 1.80. The Kier molecular flexibility index (Phi) is 13.1. The maximum absolute atomic E-state index is 12.2. The van der Waals surface area contributed by atoms with Crippen molar-refractivity contribution in [1.29, 1.82) is 0 Å². The number of hydrogen-bond acceptors (Lipinski definition) is 5. The first kappa shape index (κ1) is 37.8. The molecule has 4 nitrogen and oxygen atoms in total. The first-order valence-corrected chi connectivity index (χ1v) is 16.5. The van der Waals surface area contributed by atoms with E-state index in [1.165, 1.54) is 26.7 Å². The molecular formula is C38H51IrN2O2S-. The average molecular weight is 792 g/mol. The molecule has 0 fully saturated rings. The molecule has 2 aromatic heterocycles. The van der Waals surface area contributed by atoms with Gasteiger partial charge in [-0.3, -0.25) is 4.79 Å². The normalized spacial score (nSPS) is 12.6. The minimum atomic E-state index is -0.337. The summed E-state index contributed by atoms with van der Waals surface area (Å²) < 4.78 is 1.23. The number of aliphatic hydroxyl groups excluding tert-OH is 1. The third-order valence-corrected chi connectivity index (χ3v) is 10.0. The number of ketones is 1. The van der Waals surface area contributed by atoms with E-state index in [-0.39, 0.29) is 47.9 Å². The Balaban J connectivity index is 0.000000331. The van der Waals surface area contributed by atoms with Crippen molar-refractivity contribution in [2.24, 2.45) is 16.2 Å². The van der Waals surface area contributed by atoms with Gasteiger partial charge >= 0.3 is 0 Å². The fourth-order valence-electron chi connectivity index (χ4n) is 5.14. The van der Waals surface area contributed by atoms with Gasteiger partial charge in [-0.2, -0.15) is 0 Å². The Morgan fingerprint density at radius 2 is 1.55 bits per heavy atom. The Hall–Kier alpha value is -2.40. The molecule has 4 aromatic rings. The maximum atomic E-state index is 12.2. The van der Waals surface area contributed by atoms with E-state index in [0.29, 0.717) is 0 Å². The van der Waals surface area contributed by atoms with Gasteiger partial charge in [-0.15, -0.1) is 46.2 Å². The molecule has 0 saturated carbocycles. The molecule has 0 atom stereocenters. The van der Waals surface area contributed by atoms with Crippen LogP contribution in [0.2, 0.25) is 0 Å². The van der Waals surface area contributed by atoms with Crippen molar-refractivity contribution < 1.29 is 30.0 Å².